The standard InChI is InChI=1S/C16H28N4O4/c1-11(2)9-13(15(21)24-16(4,5)6)17-7-8-19-12(3)18-10-14(19)20(22)23/h10-11,13,17H,7-9H2,1-6H3. The Morgan fingerprint density at radius 3 is 2.58 bits per heavy atom. The van der Waals surface area contributed by atoms with Crippen LogP contribution in [0.5, 0.6) is 0 Å². The van der Waals surface area contributed by atoms with Crippen LogP contribution in [0.25, 0.3) is 0 Å². The molecule has 24 heavy (non-hydrogen) atoms. The minimum atomic E-state index is -0.548. The molecule has 1 N–H and O–H groups in total. The third-order valence-electron chi connectivity index (χ3n) is 3.35. The minimum Gasteiger partial charge on any atom is -0.459 e. The number of imidazole rings is 1. The number of hydrogen-bond acceptors (Lipinski definition) is 6. The fraction of sp³-hybridized carbons (Fsp3) is 0.750. The Kier molecular flexibility index (Phi) is 6.89. The van der Waals surface area contributed by atoms with Crippen molar-refractivity contribution in [3.05, 3.63) is 22.1 Å². The fourth-order valence-electron chi connectivity index (χ4n) is 2.34. The second-order valence-corrected chi connectivity index (χ2v) is 7.24. The summed E-state index contributed by atoms with van der Waals surface area (Å²) in [6, 6.07) is -0.438. The van der Waals surface area contributed by atoms with Gasteiger partial charge in [0.25, 0.3) is 0 Å². The summed E-state index contributed by atoms with van der Waals surface area (Å²) in [4.78, 5) is 26.8. The lowest BCUT2D eigenvalue weighted by Gasteiger charge is -2.25. The van der Waals surface area contributed by atoms with Gasteiger partial charge in [-0.25, -0.2) is 9.55 Å². The van der Waals surface area contributed by atoms with Crippen LogP contribution in [-0.2, 0) is 16.1 Å². The van der Waals surface area contributed by atoms with Crippen molar-refractivity contribution in [3.63, 3.8) is 0 Å². The molecule has 0 aliphatic carbocycles. The van der Waals surface area contributed by atoms with Crippen LogP contribution < -0.4 is 5.32 Å². The van der Waals surface area contributed by atoms with Crippen LogP contribution in [0.15, 0.2) is 6.20 Å². The Labute approximate surface area is 142 Å². The monoisotopic (exact) mass is 340 g/mol. The molecule has 136 valence electrons. The Hall–Kier alpha value is -1.96. The van der Waals surface area contributed by atoms with E-state index in [4.69, 9.17) is 4.74 Å². The van der Waals surface area contributed by atoms with Gasteiger partial charge in [0.1, 0.15) is 24.4 Å². The van der Waals surface area contributed by atoms with Gasteiger partial charge in [0, 0.05) is 13.5 Å². The molecular weight excluding hydrogens is 312 g/mol. The number of hydrogen-bond donors (Lipinski definition) is 1. The van der Waals surface area contributed by atoms with E-state index in [1.165, 1.54) is 10.8 Å². The van der Waals surface area contributed by atoms with E-state index in [0.29, 0.717) is 31.3 Å². The smallest absolute Gasteiger partial charge is 0.342 e. The summed E-state index contributed by atoms with van der Waals surface area (Å²) in [5.74, 6) is 0.542. The molecule has 0 saturated carbocycles. The van der Waals surface area contributed by atoms with E-state index in [0.717, 1.165) is 0 Å². The average Bonchev–Trinajstić information content (AvgIpc) is 2.77. The van der Waals surface area contributed by atoms with Crippen molar-refractivity contribution in [1.29, 1.82) is 0 Å². The van der Waals surface area contributed by atoms with Crippen LogP contribution in [0.4, 0.5) is 5.82 Å². The number of aryl methyl sites for hydroxylation is 1. The molecule has 1 unspecified atom stereocenters. The van der Waals surface area contributed by atoms with Crippen molar-refractivity contribution in [2.75, 3.05) is 6.54 Å². The highest BCUT2D eigenvalue weighted by Crippen LogP contribution is 2.14. The van der Waals surface area contributed by atoms with Crippen molar-refractivity contribution in [3.8, 4) is 0 Å². The molecule has 0 fully saturated rings. The number of aromatic nitrogens is 2. The molecule has 0 amide bonds. The number of ether oxygens (including phenoxy) is 1. The third kappa shape index (κ3) is 6.27. The maximum absolute atomic E-state index is 12.3. The molecule has 0 radical (unpaired) electrons. The molecule has 0 aliphatic rings. The molecule has 0 aromatic carbocycles. The number of rotatable bonds is 8. The molecule has 0 bridgehead atoms. The molecule has 0 aliphatic heterocycles. The van der Waals surface area contributed by atoms with E-state index in [-0.39, 0.29) is 11.8 Å². The first kappa shape index (κ1) is 20.1. The Morgan fingerprint density at radius 2 is 2.08 bits per heavy atom. The quantitative estimate of drug-likeness (QED) is 0.443. The minimum absolute atomic E-state index is 0.0491. The molecular formula is C16H28N4O4. The van der Waals surface area contributed by atoms with E-state index >= 15 is 0 Å². The number of nitro groups is 1. The largest absolute Gasteiger partial charge is 0.459 e. The van der Waals surface area contributed by atoms with Gasteiger partial charge in [-0.2, -0.15) is 0 Å². The molecule has 1 rings (SSSR count). The number of carbonyl (C=O) groups excluding carboxylic acids is 1. The second-order valence-electron chi connectivity index (χ2n) is 7.24. The summed E-state index contributed by atoms with van der Waals surface area (Å²) in [6.07, 6.45) is 1.88. The first-order valence-electron chi connectivity index (χ1n) is 8.14. The highest BCUT2D eigenvalue weighted by molar-refractivity contribution is 5.76. The Bertz CT molecular complexity index is 575. The van der Waals surface area contributed by atoms with Crippen LogP contribution in [-0.4, -0.2) is 38.6 Å². The van der Waals surface area contributed by atoms with Gasteiger partial charge in [0.15, 0.2) is 5.82 Å². The van der Waals surface area contributed by atoms with Crippen molar-refractivity contribution >= 4 is 11.8 Å². The zero-order valence-electron chi connectivity index (χ0n) is 15.3. The average molecular weight is 340 g/mol. The molecule has 1 heterocycles. The van der Waals surface area contributed by atoms with Crippen molar-refractivity contribution in [2.24, 2.45) is 5.92 Å². The van der Waals surface area contributed by atoms with Crippen LogP contribution in [0.2, 0.25) is 0 Å². The van der Waals surface area contributed by atoms with E-state index < -0.39 is 16.6 Å². The maximum atomic E-state index is 12.3. The summed E-state index contributed by atoms with van der Waals surface area (Å²) in [7, 11) is 0. The van der Waals surface area contributed by atoms with Gasteiger partial charge in [-0.1, -0.05) is 13.8 Å². The van der Waals surface area contributed by atoms with Gasteiger partial charge < -0.3 is 20.2 Å². The predicted molar refractivity (Wildman–Crippen MR) is 90.7 cm³/mol. The lowest BCUT2D eigenvalue weighted by atomic mass is 10.0. The van der Waals surface area contributed by atoms with Crippen molar-refractivity contribution < 1.29 is 14.5 Å². The molecule has 0 spiro atoms. The number of esters is 1. The van der Waals surface area contributed by atoms with Gasteiger partial charge in [-0.3, -0.25) is 4.79 Å². The second kappa shape index (κ2) is 8.23. The summed E-state index contributed by atoms with van der Waals surface area (Å²) >= 11 is 0. The number of nitrogens with one attached hydrogen (secondary N) is 1. The summed E-state index contributed by atoms with van der Waals surface area (Å²) in [5.41, 5.74) is -0.548. The van der Waals surface area contributed by atoms with Gasteiger partial charge in [0.05, 0.1) is 0 Å². The third-order valence-corrected chi connectivity index (χ3v) is 3.35. The predicted octanol–water partition coefficient (Wildman–Crippen LogP) is 2.45. The van der Waals surface area contributed by atoms with Crippen LogP contribution >= 0.6 is 0 Å². The van der Waals surface area contributed by atoms with Gasteiger partial charge in [0.2, 0.25) is 0 Å². The Morgan fingerprint density at radius 1 is 1.46 bits per heavy atom. The summed E-state index contributed by atoms with van der Waals surface area (Å²) in [6.45, 7) is 12.0. The first-order chi connectivity index (χ1) is 11.0. The van der Waals surface area contributed by atoms with E-state index in [1.54, 1.807) is 6.92 Å². The molecule has 1 aromatic rings. The highest BCUT2D eigenvalue weighted by Gasteiger charge is 2.26. The van der Waals surface area contributed by atoms with Crippen LogP contribution in [0.1, 0.15) is 46.9 Å². The molecule has 8 nitrogen and oxygen atoms in total. The zero-order chi connectivity index (χ0) is 18.5. The van der Waals surface area contributed by atoms with Crippen LogP contribution in [0, 0.1) is 23.0 Å². The number of nitrogens with zero attached hydrogens (tertiary/aromatic N) is 3. The van der Waals surface area contributed by atoms with E-state index in [2.05, 4.69) is 10.3 Å². The highest BCUT2D eigenvalue weighted by atomic mass is 16.6. The summed E-state index contributed by atoms with van der Waals surface area (Å²) in [5, 5.41) is 14.2. The molecule has 1 atom stereocenters. The normalized spacial score (nSPS) is 13.1. The van der Waals surface area contributed by atoms with Crippen LogP contribution in [0.3, 0.4) is 0 Å². The number of carbonyl (C=O) groups is 1. The van der Waals surface area contributed by atoms with E-state index in [9.17, 15) is 14.9 Å². The lowest BCUT2D eigenvalue weighted by molar-refractivity contribution is -0.392. The van der Waals surface area contributed by atoms with Crippen molar-refractivity contribution in [1.82, 2.24) is 14.9 Å². The van der Waals surface area contributed by atoms with E-state index in [1.807, 2.05) is 34.6 Å². The van der Waals surface area contributed by atoms with Gasteiger partial charge >= 0.3 is 11.8 Å². The van der Waals surface area contributed by atoms with Gasteiger partial charge in [-0.05, 0) is 38.0 Å². The zero-order valence-corrected chi connectivity index (χ0v) is 15.3. The fourth-order valence-corrected chi connectivity index (χ4v) is 2.34. The molecule has 1 aromatic heterocycles. The SMILES string of the molecule is Cc1ncc([N+](=O)[O-])n1CCNC(CC(C)C)C(=O)OC(C)(C)C. The summed E-state index contributed by atoms with van der Waals surface area (Å²) < 4.78 is 6.97. The van der Waals surface area contributed by atoms with Gasteiger partial charge in [-0.15, -0.1) is 0 Å². The topological polar surface area (TPSA) is 99.3 Å². The lowest BCUT2D eigenvalue weighted by Crippen LogP contribution is -2.43. The first-order valence-corrected chi connectivity index (χ1v) is 8.14. The Balaban J connectivity index is 2.71. The maximum Gasteiger partial charge on any atom is 0.342 e. The molecule has 8 heteroatoms. The molecule has 0 saturated heterocycles. The van der Waals surface area contributed by atoms with Crippen molar-refractivity contribution in [2.45, 2.75) is 66.2 Å².